The highest BCUT2D eigenvalue weighted by atomic mass is 35.5. The van der Waals surface area contributed by atoms with Gasteiger partial charge >= 0.3 is 0 Å². The normalized spacial score (nSPS) is 24.5. The topological polar surface area (TPSA) is 38.7 Å². The van der Waals surface area contributed by atoms with E-state index in [2.05, 4.69) is 6.58 Å². The van der Waals surface area contributed by atoms with Gasteiger partial charge < -0.3 is 14.6 Å². The van der Waals surface area contributed by atoms with Gasteiger partial charge in [0.15, 0.2) is 0 Å². The Bertz CT molecular complexity index is 369. The van der Waals surface area contributed by atoms with Crippen LogP contribution in [0, 0.1) is 0 Å². The fraction of sp³-hybridized carbons (Fsp3) is 0.571. The Morgan fingerprint density at radius 2 is 2.28 bits per heavy atom. The molecule has 4 heteroatoms. The Morgan fingerprint density at radius 1 is 1.61 bits per heavy atom. The lowest BCUT2D eigenvalue weighted by atomic mass is 10.0. The fourth-order valence-electron chi connectivity index (χ4n) is 1.93. The molecule has 0 aromatic rings. The Labute approximate surface area is 114 Å². The zero-order chi connectivity index (χ0) is 13.8. The van der Waals surface area contributed by atoms with Crippen molar-refractivity contribution < 1.29 is 14.6 Å². The van der Waals surface area contributed by atoms with Crippen LogP contribution in [0.2, 0.25) is 0 Å². The van der Waals surface area contributed by atoms with Gasteiger partial charge in [0.2, 0.25) is 5.79 Å². The summed E-state index contributed by atoms with van der Waals surface area (Å²) in [4.78, 5) is 0. The van der Waals surface area contributed by atoms with Crippen LogP contribution in [0.15, 0.2) is 35.1 Å². The summed E-state index contributed by atoms with van der Waals surface area (Å²) in [5.74, 6) is -0.164. The molecule has 1 N–H and O–H groups in total. The predicted octanol–water partition coefficient (Wildman–Crippen LogP) is 3.49. The Hall–Kier alpha value is -0.770. The molecule has 0 aromatic heterocycles. The van der Waals surface area contributed by atoms with Crippen LogP contribution >= 0.6 is 11.6 Å². The summed E-state index contributed by atoms with van der Waals surface area (Å²) >= 11 is 6.17. The molecule has 1 atom stereocenters. The second-order valence-corrected chi connectivity index (χ2v) is 5.06. The standard InChI is InChI=1S/C14H21ClO3/c1-5-10-9-11(7-8-16)17-14(3,4)18-13(10)12(15)6-2/h5-6,11,16H,1,7-9H2,2-4H3. The number of halogens is 1. The lowest BCUT2D eigenvalue weighted by Crippen LogP contribution is -2.32. The Morgan fingerprint density at radius 3 is 2.78 bits per heavy atom. The van der Waals surface area contributed by atoms with Crippen molar-refractivity contribution in [3.05, 3.63) is 35.1 Å². The third-order valence-corrected chi connectivity index (χ3v) is 3.10. The number of ether oxygens (including phenoxy) is 2. The fourth-order valence-corrected chi connectivity index (χ4v) is 2.09. The van der Waals surface area contributed by atoms with Gasteiger partial charge in [0.25, 0.3) is 0 Å². The number of hydrogen-bond acceptors (Lipinski definition) is 3. The van der Waals surface area contributed by atoms with Gasteiger partial charge in [0, 0.05) is 26.9 Å². The second-order valence-electron chi connectivity index (χ2n) is 4.65. The van der Waals surface area contributed by atoms with Crippen molar-refractivity contribution in [2.45, 2.75) is 45.5 Å². The van der Waals surface area contributed by atoms with Gasteiger partial charge in [-0.2, -0.15) is 0 Å². The minimum atomic E-state index is -0.775. The molecule has 18 heavy (non-hydrogen) atoms. The third kappa shape index (κ3) is 3.87. The van der Waals surface area contributed by atoms with Crippen LogP contribution in [0.3, 0.4) is 0 Å². The summed E-state index contributed by atoms with van der Waals surface area (Å²) in [7, 11) is 0. The number of allylic oxidation sites excluding steroid dienone is 3. The molecule has 0 spiro atoms. The summed E-state index contributed by atoms with van der Waals surface area (Å²) in [5, 5.41) is 9.61. The first-order chi connectivity index (χ1) is 8.43. The quantitative estimate of drug-likeness (QED) is 0.851. The van der Waals surface area contributed by atoms with Gasteiger partial charge in [-0.15, -0.1) is 0 Å². The molecule has 1 aliphatic rings. The molecule has 0 fully saturated rings. The summed E-state index contributed by atoms with van der Waals surface area (Å²) in [5.41, 5.74) is 0.905. The van der Waals surface area contributed by atoms with E-state index in [4.69, 9.17) is 26.2 Å². The van der Waals surface area contributed by atoms with Crippen LogP contribution in [-0.4, -0.2) is 23.6 Å². The molecule has 0 amide bonds. The molecule has 0 aromatic carbocycles. The van der Waals surface area contributed by atoms with Crippen molar-refractivity contribution >= 4 is 11.6 Å². The predicted molar refractivity (Wildman–Crippen MR) is 73.2 cm³/mol. The summed E-state index contributed by atoms with van der Waals surface area (Å²) < 4.78 is 11.7. The van der Waals surface area contributed by atoms with Gasteiger partial charge in [-0.05, 0) is 18.9 Å². The first-order valence-electron chi connectivity index (χ1n) is 6.09. The smallest absolute Gasteiger partial charge is 0.205 e. The lowest BCUT2D eigenvalue weighted by Gasteiger charge is -2.29. The van der Waals surface area contributed by atoms with Gasteiger partial charge in [-0.3, -0.25) is 0 Å². The molecule has 1 aliphatic heterocycles. The van der Waals surface area contributed by atoms with E-state index in [1.807, 2.05) is 20.8 Å². The lowest BCUT2D eigenvalue weighted by molar-refractivity contribution is -0.210. The molecule has 102 valence electrons. The van der Waals surface area contributed by atoms with Crippen LogP contribution in [0.4, 0.5) is 0 Å². The van der Waals surface area contributed by atoms with Crippen LogP contribution in [0.5, 0.6) is 0 Å². The van der Waals surface area contributed by atoms with Crippen LogP contribution in [0.25, 0.3) is 0 Å². The van der Waals surface area contributed by atoms with Gasteiger partial charge in [0.05, 0.1) is 11.1 Å². The largest absolute Gasteiger partial charge is 0.461 e. The van der Waals surface area contributed by atoms with Crippen molar-refractivity contribution in [1.82, 2.24) is 0 Å². The van der Waals surface area contributed by atoms with Crippen molar-refractivity contribution in [3.8, 4) is 0 Å². The monoisotopic (exact) mass is 272 g/mol. The minimum absolute atomic E-state index is 0.0812. The van der Waals surface area contributed by atoms with Crippen LogP contribution in [-0.2, 0) is 9.47 Å². The first-order valence-corrected chi connectivity index (χ1v) is 6.46. The van der Waals surface area contributed by atoms with E-state index in [1.54, 1.807) is 12.2 Å². The first kappa shape index (κ1) is 15.3. The molecule has 3 nitrogen and oxygen atoms in total. The van der Waals surface area contributed by atoms with E-state index in [-0.39, 0.29) is 12.7 Å². The molecule has 0 bridgehead atoms. The summed E-state index contributed by atoms with van der Waals surface area (Å²) in [6, 6.07) is 0. The molecular weight excluding hydrogens is 252 g/mol. The van der Waals surface area contributed by atoms with Crippen molar-refractivity contribution in [2.24, 2.45) is 0 Å². The number of aliphatic hydroxyl groups is 1. The van der Waals surface area contributed by atoms with Gasteiger partial charge in [-0.1, -0.05) is 30.3 Å². The Kier molecular flexibility index (Phi) is 5.45. The highest BCUT2D eigenvalue weighted by Gasteiger charge is 2.32. The van der Waals surface area contributed by atoms with Gasteiger partial charge in [0.1, 0.15) is 5.76 Å². The van der Waals surface area contributed by atoms with E-state index in [1.165, 1.54) is 0 Å². The van der Waals surface area contributed by atoms with Crippen molar-refractivity contribution in [3.63, 3.8) is 0 Å². The Balaban J connectivity index is 3.13. The number of aliphatic hydroxyl groups excluding tert-OH is 1. The molecule has 1 heterocycles. The van der Waals surface area contributed by atoms with E-state index in [0.29, 0.717) is 23.6 Å². The number of rotatable bonds is 4. The molecule has 0 radical (unpaired) electrons. The second kappa shape index (κ2) is 6.41. The molecular formula is C14H21ClO3. The molecule has 0 saturated carbocycles. The SMILES string of the molecule is C=CC1=C(C(Cl)=CC)OC(C)(C)OC(CCO)C1. The van der Waals surface area contributed by atoms with E-state index in [0.717, 1.165) is 5.57 Å². The third-order valence-electron chi connectivity index (χ3n) is 2.71. The van der Waals surface area contributed by atoms with Crippen molar-refractivity contribution in [1.29, 1.82) is 0 Å². The number of hydrogen-bond donors (Lipinski definition) is 1. The maximum atomic E-state index is 9.06. The summed E-state index contributed by atoms with van der Waals surface area (Å²) in [6.07, 6.45) is 4.61. The van der Waals surface area contributed by atoms with E-state index >= 15 is 0 Å². The highest BCUT2D eigenvalue weighted by Crippen LogP contribution is 2.34. The highest BCUT2D eigenvalue weighted by molar-refractivity contribution is 6.31. The van der Waals surface area contributed by atoms with Crippen molar-refractivity contribution in [2.75, 3.05) is 6.61 Å². The van der Waals surface area contributed by atoms with E-state index < -0.39 is 5.79 Å². The van der Waals surface area contributed by atoms with Gasteiger partial charge in [-0.25, -0.2) is 0 Å². The minimum Gasteiger partial charge on any atom is -0.461 e. The average molecular weight is 273 g/mol. The molecule has 0 saturated heterocycles. The molecule has 0 aliphatic carbocycles. The van der Waals surface area contributed by atoms with Crippen LogP contribution in [0.1, 0.15) is 33.6 Å². The molecule has 1 unspecified atom stereocenters. The van der Waals surface area contributed by atoms with Crippen LogP contribution < -0.4 is 0 Å². The zero-order valence-corrected chi connectivity index (χ0v) is 12.0. The summed E-state index contributed by atoms with van der Waals surface area (Å²) in [6.45, 7) is 9.40. The molecule has 1 rings (SSSR count). The average Bonchev–Trinajstić information content (AvgIpc) is 2.44. The maximum absolute atomic E-state index is 9.06. The van der Waals surface area contributed by atoms with E-state index in [9.17, 15) is 0 Å². The maximum Gasteiger partial charge on any atom is 0.205 e. The zero-order valence-electron chi connectivity index (χ0n) is 11.2.